The Morgan fingerprint density at radius 2 is 2.20 bits per heavy atom. The molecule has 1 aliphatic rings. The number of para-hydroxylation sites is 1. The minimum Gasteiger partial charge on any atom is -0.496 e. The van der Waals surface area contributed by atoms with Gasteiger partial charge < -0.3 is 9.47 Å². The molecular weight excluding hydrogens is 192 g/mol. The van der Waals surface area contributed by atoms with E-state index in [1.807, 2.05) is 24.3 Å². The van der Waals surface area contributed by atoms with Crippen molar-refractivity contribution in [3.63, 3.8) is 0 Å². The van der Waals surface area contributed by atoms with Crippen molar-refractivity contribution in [3.05, 3.63) is 42.0 Å². The van der Waals surface area contributed by atoms with Gasteiger partial charge in [-0.15, -0.1) is 0 Å². The lowest BCUT2D eigenvalue weighted by Crippen LogP contribution is -2.01. The number of ether oxygens (including phenoxy) is 2. The molecule has 1 atom stereocenters. The fourth-order valence-corrected chi connectivity index (χ4v) is 1.67. The summed E-state index contributed by atoms with van der Waals surface area (Å²) in [6.45, 7) is 3.65. The molecule has 15 heavy (non-hydrogen) atoms. The zero-order chi connectivity index (χ0) is 10.8. The van der Waals surface area contributed by atoms with Crippen LogP contribution in [0, 0.1) is 0 Å². The van der Waals surface area contributed by atoms with E-state index >= 15 is 0 Å². The molecule has 0 radical (unpaired) electrons. The van der Waals surface area contributed by atoms with Crippen molar-refractivity contribution in [3.8, 4) is 5.75 Å². The van der Waals surface area contributed by atoms with Crippen LogP contribution in [0.4, 0.5) is 0 Å². The van der Waals surface area contributed by atoms with E-state index in [9.17, 15) is 4.79 Å². The number of benzene rings is 1. The Morgan fingerprint density at radius 1 is 1.47 bits per heavy atom. The largest absolute Gasteiger partial charge is 0.496 e. The maximum Gasteiger partial charge on any atom is 0.334 e. The van der Waals surface area contributed by atoms with E-state index in [-0.39, 0.29) is 12.1 Å². The number of esters is 1. The van der Waals surface area contributed by atoms with E-state index in [0.29, 0.717) is 12.0 Å². The van der Waals surface area contributed by atoms with Crippen molar-refractivity contribution in [2.75, 3.05) is 7.11 Å². The molecule has 3 nitrogen and oxygen atoms in total. The van der Waals surface area contributed by atoms with Gasteiger partial charge in [0.2, 0.25) is 0 Å². The molecule has 0 spiro atoms. The molecular formula is C12H12O3. The maximum atomic E-state index is 11.2. The minimum absolute atomic E-state index is 0.249. The van der Waals surface area contributed by atoms with Crippen LogP contribution in [0.25, 0.3) is 0 Å². The topological polar surface area (TPSA) is 35.5 Å². The van der Waals surface area contributed by atoms with Crippen LogP contribution in [-0.2, 0) is 9.53 Å². The summed E-state index contributed by atoms with van der Waals surface area (Å²) in [5, 5.41) is 0. The standard InChI is InChI=1S/C12H12O3/c1-8-7-11(15-12(8)13)9-5-3-4-6-10(9)14-2/h3-6,11H,1,7H2,2H3/t11-/m0/s1. The van der Waals surface area contributed by atoms with Gasteiger partial charge in [0.15, 0.2) is 0 Å². The molecule has 0 unspecified atom stereocenters. The van der Waals surface area contributed by atoms with E-state index < -0.39 is 0 Å². The molecule has 1 saturated heterocycles. The second-order valence-electron chi connectivity index (χ2n) is 3.44. The minimum atomic E-state index is -0.314. The van der Waals surface area contributed by atoms with Crippen LogP contribution in [0.15, 0.2) is 36.4 Å². The van der Waals surface area contributed by atoms with E-state index in [4.69, 9.17) is 9.47 Å². The second kappa shape index (κ2) is 3.77. The summed E-state index contributed by atoms with van der Waals surface area (Å²) in [6.07, 6.45) is 0.292. The lowest BCUT2D eigenvalue weighted by molar-refractivity contribution is -0.139. The van der Waals surface area contributed by atoms with Crippen LogP contribution in [0.1, 0.15) is 18.1 Å². The molecule has 78 valence electrons. The average Bonchev–Trinajstić information content (AvgIpc) is 2.59. The predicted molar refractivity (Wildman–Crippen MR) is 55.6 cm³/mol. The summed E-state index contributed by atoms with van der Waals surface area (Å²) < 4.78 is 10.4. The average molecular weight is 204 g/mol. The number of carbonyl (C=O) groups is 1. The lowest BCUT2D eigenvalue weighted by atomic mass is 10.0. The molecule has 1 aromatic rings. The van der Waals surface area contributed by atoms with Gasteiger partial charge in [-0.1, -0.05) is 24.8 Å². The molecule has 0 aliphatic carbocycles. The molecule has 1 aliphatic heterocycles. The maximum absolute atomic E-state index is 11.2. The monoisotopic (exact) mass is 204 g/mol. The first-order valence-corrected chi connectivity index (χ1v) is 4.74. The number of cyclic esters (lactones) is 1. The van der Waals surface area contributed by atoms with Crippen molar-refractivity contribution in [2.45, 2.75) is 12.5 Å². The van der Waals surface area contributed by atoms with E-state index in [1.165, 1.54) is 0 Å². The van der Waals surface area contributed by atoms with Crippen LogP contribution < -0.4 is 4.74 Å². The Hall–Kier alpha value is -1.77. The van der Waals surface area contributed by atoms with E-state index in [0.717, 1.165) is 11.3 Å². The van der Waals surface area contributed by atoms with Gasteiger partial charge in [0, 0.05) is 17.6 Å². The normalized spacial score (nSPS) is 20.2. The molecule has 1 aromatic carbocycles. The van der Waals surface area contributed by atoms with Gasteiger partial charge in [-0.05, 0) is 6.07 Å². The fraction of sp³-hybridized carbons (Fsp3) is 0.250. The molecule has 1 heterocycles. The fourth-order valence-electron chi connectivity index (χ4n) is 1.67. The molecule has 1 fully saturated rings. The Labute approximate surface area is 88.3 Å². The van der Waals surface area contributed by atoms with Gasteiger partial charge >= 0.3 is 5.97 Å². The van der Waals surface area contributed by atoms with Crippen molar-refractivity contribution in [1.82, 2.24) is 0 Å². The summed E-state index contributed by atoms with van der Waals surface area (Å²) in [5.74, 6) is 0.427. The third-order valence-corrected chi connectivity index (χ3v) is 2.46. The lowest BCUT2D eigenvalue weighted by Gasteiger charge is -2.12. The zero-order valence-corrected chi connectivity index (χ0v) is 8.53. The first-order valence-electron chi connectivity index (χ1n) is 4.74. The van der Waals surface area contributed by atoms with Gasteiger partial charge in [-0.3, -0.25) is 0 Å². The van der Waals surface area contributed by atoms with Gasteiger partial charge in [-0.2, -0.15) is 0 Å². The van der Waals surface area contributed by atoms with Crippen LogP contribution in [0.5, 0.6) is 5.75 Å². The first-order chi connectivity index (χ1) is 7.22. The Bertz CT molecular complexity index is 393. The number of rotatable bonds is 2. The SMILES string of the molecule is C=C1C[C@@H](c2ccccc2OC)OC1=O. The summed E-state index contributed by atoms with van der Waals surface area (Å²) in [4.78, 5) is 11.2. The Kier molecular flexibility index (Phi) is 2.46. The predicted octanol–water partition coefficient (Wildman–Crippen LogP) is 2.24. The Morgan fingerprint density at radius 3 is 2.80 bits per heavy atom. The van der Waals surface area contributed by atoms with Crippen molar-refractivity contribution in [1.29, 1.82) is 0 Å². The number of hydrogen-bond donors (Lipinski definition) is 0. The molecule has 0 saturated carbocycles. The quantitative estimate of drug-likeness (QED) is 0.547. The molecule has 0 N–H and O–H groups in total. The van der Waals surface area contributed by atoms with E-state index in [2.05, 4.69) is 6.58 Å². The smallest absolute Gasteiger partial charge is 0.334 e. The van der Waals surface area contributed by atoms with E-state index in [1.54, 1.807) is 7.11 Å². The van der Waals surface area contributed by atoms with Crippen molar-refractivity contribution in [2.24, 2.45) is 0 Å². The van der Waals surface area contributed by atoms with Gasteiger partial charge in [0.25, 0.3) is 0 Å². The summed E-state index contributed by atoms with van der Waals surface area (Å²) >= 11 is 0. The zero-order valence-electron chi connectivity index (χ0n) is 8.53. The van der Waals surface area contributed by atoms with Crippen molar-refractivity contribution < 1.29 is 14.3 Å². The molecule has 0 amide bonds. The molecule has 0 aromatic heterocycles. The number of carbonyl (C=O) groups excluding carboxylic acids is 1. The van der Waals surface area contributed by atoms with Crippen LogP contribution in [0.3, 0.4) is 0 Å². The van der Waals surface area contributed by atoms with Crippen LogP contribution >= 0.6 is 0 Å². The summed E-state index contributed by atoms with van der Waals surface area (Å²) in [7, 11) is 1.60. The summed E-state index contributed by atoms with van der Waals surface area (Å²) in [6, 6.07) is 7.53. The molecule has 3 heteroatoms. The Balaban J connectivity index is 2.30. The highest BCUT2D eigenvalue weighted by atomic mass is 16.6. The summed E-state index contributed by atoms with van der Waals surface area (Å²) in [5.41, 5.74) is 1.41. The third kappa shape index (κ3) is 1.73. The molecule has 0 bridgehead atoms. The van der Waals surface area contributed by atoms with Gasteiger partial charge in [0.1, 0.15) is 11.9 Å². The number of methoxy groups -OCH3 is 1. The van der Waals surface area contributed by atoms with Crippen LogP contribution in [-0.4, -0.2) is 13.1 Å². The molecule has 2 rings (SSSR count). The second-order valence-corrected chi connectivity index (χ2v) is 3.44. The highest BCUT2D eigenvalue weighted by molar-refractivity contribution is 5.90. The van der Waals surface area contributed by atoms with Crippen LogP contribution in [0.2, 0.25) is 0 Å². The first kappa shape index (κ1) is 9.77. The van der Waals surface area contributed by atoms with Gasteiger partial charge in [-0.25, -0.2) is 4.79 Å². The number of hydrogen-bond acceptors (Lipinski definition) is 3. The highest BCUT2D eigenvalue weighted by Crippen LogP contribution is 2.36. The third-order valence-electron chi connectivity index (χ3n) is 2.46. The van der Waals surface area contributed by atoms with Crippen molar-refractivity contribution >= 4 is 5.97 Å². The highest BCUT2D eigenvalue weighted by Gasteiger charge is 2.30. The van der Waals surface area contributed by atoms with Gasteiger partial charge in [0.05, 0.1) is 7.11 Å².